The molecule has 0 aliphatic heterocycles. The normalized spacial score (nSPS) is 13.9. The van der Waals surface area contributed by atoms with Gasteiger partial charge in [0, 0.05) is 4.88 Å². The van der Waals surface area contributed by atoms with Crippen molar-refractivity contribution in [1.82, 2.24) is 20.1 Å². The van der Waals surface area contributed by atoms with E-state index in [1.165, 1.54) is 40.4 Å². The van der Waals surface area contributed by atoms with E-state index in [4.69, 9.17) is 9.15 Å². The third-order valence-corrected chi connectivity index (χ3v) is 9.32. The number of nitrogens with one attached hydrogen (secondary N) is 2. The van der Waals surface area contributed by atoms with E-state index in [0.29, 0.717) is 10.6 Å². The van der Waals surface area contributed by atoms with Gasteiger partial charge in [-0.05, 0) is 75.4 Å². The van der Waals surface area contributed by atoms with E-state index in [1.54, 1.807) is 19.9 Å². The number of halogens is 3. The molecule has 238 valence electrons. The van der Waals surface area contributed by atoms with Crippen LogP contribution in [0.1, 0.15) is 75.9 Å². The molecule has 0 spiro atoms. The Balaban J connectivity index is 1.41. The number of carbonyl (C=O) groups is 3. The highest BCUT2D eigenvalue weighted by Crippen LogP contribution is 2.39. The minimum atomic E-state index is -4.60. The number of carbonyl (C=O) groups excluding carboxylic acids is 3. The first-order chi connectivity index (χ1) is 21.6. The zero-order chi connectivity index (χ0) is 32.1. The molecule has 2 amide bonds. The number of amides is 2. The van der Waals surface area contributed by atoms with E-state index >= 15 is 0 Å². The number of fused-ring (bicyclic) bond motifs is 1. The highest BCUT2D eigenvalue weighted by atomic mass is 32.2. The maximum absolute atomic E-state index is 13.6. The Morgan fingerprint density at radius 3 is 2.67 bits per heavy atom. The average Bonchev–Trinajstić information content (AvgIpc) is 3.72. The molecule has 0 saturated carbocycles. The van der Waals surface area contributed by atoms with Gasteiger partial charge in [0.1, 0.15) is 5.00 Å². The van der Waals surface area contributed by atoms with Crippen molar-refractivity contribution in [1.29, 1.82) is 0 Å². The first-order valence-corrected chi connectivity index (χ1v) is 16.0. The Labute approximate surface area is 264 Å². The van der Waals surface area contributed by atoms with Gasteiger partial charge in [0.15, 0.2) is 16.7 Å². The Morgan fingerprint density at radius 2 is 1.93 bits per heavy atom. The number of furan rings is 1. The second kappa shape index (κ2) is 13.9. The van der Waals surface area contributed by atoms with Gasteiger partial charge in [-0.25, -0.2) is 4.79 Å². The van der Waals surface area contributed by atoms with Crippen LogP contribution in [0.25, 0.3) is 5.69 Å². The molecule has 1 aliphatic rings. The van der Waals surface area contributed by atoms with Gasteiger partial charge in [-0.2, -0.15) is 13.2 Å². The van der Waals surface area contributed by atoms with Crippen LogP contribution >= 0.6 is 23.1 Å². The molecule has 10 nitrogen and oxygen atoms in total. The minimum absolute atomic E-state index is 0.0492. The summed E-state index contributed by atoms with van der Waals surface area (Å²) < 4.78 is 52.5. The summed E-state index contributed by atoms with van der Waals surface area (Å²) >= 11 is 2.34. The monoisotopic (exact) mass is 661 g/mol. The number of rotatable bonds is 10. The summed E-state index contributed by atoms with van der Waals surface area (Å²) in [6, 6.07) is 7.61. The molecule has 1 aromatic carbocycles. The van der Waals surface area contributed by atoms with Gasteiger partial charge in [0.2, 0.25) is 5.91 Å². The number of anilines is 1. The lowest BCUT2D eigenvalue weighted by molar-refractivity contribution is -0.137. The van der Waals surface area contributed by atoms with Gasteiger partial charge in [-0.15, -0.1) is 21.5 Å². The summed E-state index contributed by atoms with van der Waals surface area (Å²) in [5.41, 5.74) is 0.506. The molecule has 3 heterocycles. The lowest BCUT2D eigenvalue weighted by Crippen LogP contribution is -2.25. The molecule has 45 heavy (non-hydrogen) atoms. The van der Waals surface area contributed by atoms with Crippen LogP contribution in [0.5, 0.6) is 0 Å². The van der Waals surface area contributed by atoms with Gasteiger partial charge in [-0.1, -0.05) is 24.2 Å². The first kappa shape index (κ1) is 32.3. The van der Waals surface area contributed by atoms with Crippen LogP contribution in [-0.2, 0) is 35.1 Å². The number of thioether (sulfide) groups is 1. The van der Waals surface area contributed by atoms with Crippen molar-refractivity contribution in [3.05, 3.63) is 75.8 Å². The predicted octanol–water partition coefficient (Wildman–Crippen LogP) is 6.44. The van der Waals surface area contributed by atoms with E-state index in [0.717, 1.165) is 66.4 Å². The molecule has 15 heteroatoms. The Kier molecular flexibility index (Phi) is 9.97. The van der Waals surface area contributed by atoms with E-state index < -0.39 is 34.8 Å². The number of alkyl halides is 3. The zero-order valence-corrected chi connectivity index (χ0v) is 26.0. The molecule has 5 rings (SSSR count). The standard InChI is InChI=1S/C30H30F3N5O5S2/c1-3-42-28(41)24-20-11-5-4-6-13-22(20)45-27(24)35-25(39)17(2)44-29-37-36-23(16-34-26(40)21-12-8-14-43-21)38(29)19-10-7-9-18(15-19)30(31,32)33/h7-10,12,14-15,17H,3-6,11,13,16H2,1-2H3,(H,34,40)(H,35,39)/t17-/m1/s1. The summed E-state index contributed by atoms with van der Waals surface area (Å²) in [5, 5.41) is 13.5. The number of aryl methyl sites for hydroxylation is 1. The van der Waals surface area contributed by atoms with Crippen molar-refractivity contribution >= 4 is 45.9 Å². The van der Waals surface area contributed by atoms with Crippen LogP contribution in [0, 0.1) is 0 Å². The van der Waals surface area contributed by atoms with Crippen LogP contribution in [0.15, 0.2) is 52.2 Å². The van der Waals surface area contributed by atoms with Gasteiger partial charge in [-0.3, -0.25) is 14.2 Å². The molecule has 1 atom stereocenters. The van der Waals surface area contributed by atoms with Gasteiger partial charge >= 0.3 is 12.1 Å². The highest BCUT2D eigenvalue weighted by molar-refractivity contribution is 8.00. The van der Waals surface area contributed by atoms with E-state index in [1.807, 2.05) is 0 Å². The van der Waals surface area contributed by atoms with E-state index in [-0.39, 0.29) is 35.6 Å². The molecule has 3 aromatic heterocycles. The number of esters is 1. The van der Waals surface area contributed by atoms with Crippen LogP contribution in [0.3, 0.4) is 0 Å². The molecule has 4 aromatic rings. The molecule has 0 saturated heterocycles. The van der Waals surface area contributed by atoms with Gasteiger partial charge in [0.05, 0.1) is 41.5 Å². The fourth-order valence-electron chi connectivity index (χ4n) is 4.90. The zero-order valence-electron chi connectivity index (χ0n) is 24.4. The predicted molar refractivity (Wildman–Crippen MR) is 162 cm³/mol. The van der Waals surface area contributed by atoms with Crippen LogP contribution in [0.2, 0.25) is 0 Å². The molecular weight excluding hydrogens is 631 g/mol. The molecule has 2 N–H and O–H groups in total. The first-order valence-electron chi connectivity index (χ1n) is 14.3. The molecule has 0 unspecified atom stereocenters. The summed E-state index contributed by atoms with van der Waals surface area (Å²) in [6.07, 6.45) is 1.25. The topological polar surface area (TPSA) is 128 Å². The fraction of sp³-hybridized carbons (Fsp3) is 0.367. The number of hydrogen-bond donors (Lipinski definition) is 2. The summed E-state index contributed by atoms with van der Waals surface area (Å²) in [6.45, 7) is 3.34. The largest absolute Gasteiger partial charge is 0.462 e. The van der Waals surface area contributed by atoms with Crippen molar-refractivity contribution < 1.29 is 36.7 Å². The maximum Gasteiger partial charge on any atom is 0.416 e. The van der Waals surface area contributed by atoms with Crippen LogP contribution in [-0.4, -0.2) is 44.4 Å². The smallest absolute Gasteiger partial charge is 0.416 e. The summed E-state index contributed by atoms with van der Waals surface area (Å²) in [4.78, 5) is 39.9. The van der Waals surface area contributed by atoms with Crippen LogP contribution < -0.4 is 10.6 Å². The average molecular weight is 662 g/mol. The van der Waals surface area contributed by atoms with Crippen molar-refractivity contribution in [2.75, 3.05) is 11.9 Å². The SMILES string of the molecule is CCOC(=O)c1c(NC(=O)[C@@H](C)Sc2nnc(CNC(=O)c3ccco3)n2-c2cccc(C(F)(F)F)c2)sc2c1CCCCC2. The quantitative estimate of drug-likeness (QED) is 0.113. The van der Waals surface area contributed by atoms with Crippen molar-refractivity contribution in [2.24, 2.45) is 0 Å². The third kappa shape index (κ3) is 7.41. The maximum atomic E-state index is 13.6. The van der Waals surface area contributed by atoms with E-state index in [9.17, 15) is 27.6 Å². The van der Waals surface area contributed by atoms with Crippen molar-refractivity contribution in [3.63, 3.8) is 0 Å². The summed E-state index contributed by atoms with van der Waals surface area (Å²) in [7, 11) is 0. The van der Waals surface area contributed by atoms with Crippen molar-refractivity contribution in [2.45, 2.75) is 69.1 Å². The van der Waals surface area contributed by atoms with Gasteiger partial charge < -0.3 is 19.8 Å². The number of ether oxygens (including phenoxy) is 1. The number of hydrogen-bond acceptors (Lipinski definition) is 9. The number of nitrogens with zero attached hydrogens (tertiary/aromatic N) is 3. The number of benzene rings is 1. The van der Waals surface area contributed by atoms with E-state index in [2.05, 4.69) is 20.8 Å². The number of thiophene rings is 1. The fourth-order valence-corrected chi connectivity index (χ4v) is 7.07. The lowest BCUT2D eigenvalue weighted by atomic mass is 10.1. The summed E-state index contributed by atoms with van der Waals surface area (Å²) in [5.74, 6) is -1.29. The Bertz CT molecular complexity index is 1680. The Hall–Kier alpha value is -4.11. The van der Waals surface area contributed by atoms with Gasteiger partial charge in [0.25, 0.3) is 5.91 Å². The molecule has 0 radical (unpaired) electrons. The molecule has 1 aliphatic carbocycles. The third-order valence-electron chi connectivity index (χ3n) is 7.07. The van der Waals surface area contributed by atoms with Crippen molar-refractivity contribution in [3.8, 4) is 5.69 Å². The second-order valence-corrected chi connectivity index (χ2v) is 12.6. The number of aromatic nitrogens is 3. The molecular formula is C30H30F3N5O5S2. The minimum Gasteiger partial charge on any atom is -0.462 e. The van der Waals surface area contributed by atoms with Crippen LogP contribution in [0.4, 0.5) is 18.2 Å². The second-order valence-electron chi connectivity index (χ2n) is 10.2. The Morgan fingerprint density at radius 1 is 1.13 bits per heavy atom. The molecule has 0 fully saturated rings. The highest BCUT2D eigenvalue weighted by Gasteiger charge is 2.32. The lowest BCUT2D eigenvalue weighted by Gasteiger charge is -2.15. The molecule has 0 bridgehead atoms.